The highest BCUT2D eigenvalue weighted by molar-refractivity contribution is 6.20. The highest BCUT2D eigenvalue weighted by Crippen LogP contribution is 2.34. The molecule has 0 saturated carbocycles. The summed E-state index contributed by atoms with van der Waals surface area (Å²) in [5.74, 6) is -0.593. The van der Waals surface area contributed by atoms with Gasteiger partial charge in [0, 0.05) is 11.1 Å². The van der Waals surface area contributed by atoms with Crippen LogP contribution in [-0.4, -0.2) is 22.4 Å². The van der Waals surface area contributed by atoms with E-state index in [4.69, 9.17) is 4.74 Å². The molecule has 2 amide bonds. The van der Waals surface area contributed by atoms with Crippen molar-refractivity contribution in [2.45, 2.75) is 19.4 Å². The van der Waals surface area contributed by atoms with E-state index < -0.39 is 17.4 Å². The maximum atomic E-state index is 12.9. The second-order valence-electron chi connectivity index (χ2n) is 6.37. The number of aryl methyl sites for hydroxylation is 1. The van der Waals surface area contributed by atoms with Crippen LogP contribution in [0, 0.1) is 6.92 Å². The van der Waals surface area contributed by atoms with Crippen LogP contribution in [0.1, 0.15) is 12.6 Å². The Morgan fingerprint density at radius 3 is 2.73 bits per heavy atom. The summed E-state index contributed by atoms with van der Waals surface area (Å²) < 4.78 is 5.77. The number of pyridine rings is 1. The molecule has 26 heavy (non-hydrogen) atoms. The summed E-state index contributed by atoms with van der Waals surface area (Å²) in [6.45, 7) is 3.31. The third-order valence-corrected chi connectivity index (χ3v) is 4.41. The summed E-state index contributed by atoms with van der Waals surface area (Å²) >= 11 is 0. The third-order valence-electron chi connectivity index (χ3n) is 4.41. The Morgan fingerprint density at radius 1 is 1.15 bits per heavy atom. The van der Waals surface area contributed by atoms with Gasteiger partial charge in [-0.25, -0.2) is 0 Å². The van der Waals surface area contributed by atoms with Crippen molar-refractivity contribution in [2.75, 3.05) is 10.6 Å². The van der Waals surface area contributed by atoms with E-state index >= 15 is 0 Å². The molecule has 3 aromatic rings. The van der Waals surface area contributed by atoms with E-state index in [1.807, 2.05) is 31.2 Å². The first-order chi connectivity index (χ1) is 12.5. The lowest BCUT2D eigenvalue weighted by Gasteiger charge is -2.33. The smallest absolute Gasteiger partial charge is 0.278 e. The van der Waals surface area contributed by atoms with Crippen LogP contribution in [0.3, 0.4) is 0 Å². The zero-order chi connectivity index (χ0) is 18.3. The van der Waals surface area contributed by atoms with Gasteiger partial charge in [0.2, 0.25) is 0 Å². The zero-order valence-electron chi connectivity index (χ0n) is 14.4. The van der Waals surface area contributed by atoms with Gasteiger partial charge < -0.3 is 15.4 Å². The number of hydrogen-bond donors (Lipinski definition) is 2. The maximum Gasteiger partial charge on any atom is 0.278 e. The minimum Gasteiger partial charge on any atom is -0.466 e. The van der Waals surface area contributed by atoms with Crippen molar-refractivity contribution in [3.05, 3.63) is 60.3 Å². The Labute approximate surface area is 150 Å². The molecule has 1 aromatic heterocycles. The Balaban J connectivity index is 1.70. The maximum absolute atomic E-state index is 12.9. The normalized spacial score (nSPS) is 18.6. The molecule has 4 rings (SSSR count). The predicted molar refractivity (Wildman–Crippen MR) is 99.2 cm³/mol. The molecule has 0 bridgehead atoms. The summed E-state index contributed by atoms with van der Waals surface area (Å²) in [7, 11) is 0. The lowest BCUT2D eigenvalue weighted by atomic mass is 10.0. The fourth-order valence-electron chi connectivity index (χ4n) is 2.97. The van der Waals surface area contributed by atoms with Crippen LogP contribution < -0.4 is 15.4 Å². The van der Waals surface area contributed by atoms with Gasteiger partial charge >= 0.3 is 0 Å². The molecule has 6 heteroatoms. The second kappa shape index (κ2) is 5.84. The number of nitrogens with zero attached hydrogens (tertiary/aromatic N) is 1. The van der Waals surface area contributed by atoms with Crippen LogP contribution in [0.2, 0.25) is 0 Å². The Bertz CT molecular complexity index is 1050. The number of aromatic nitrogens is 1. The van der Waals surface area contributed by atoms with Crippen molar-refractivity contribution < 1.29 is 14.3 Å². The Kier molecular flexibility index (Phi) is 3.61. The Morgan fingerprint density at radius 2 is 1.88 bits per heavy atom. The summed E-state index contributed by atoms with van der Waals surface area (Å²) in [5, 5.41) is 6.36. The molecular formula is C20H17N3O3. The number of fused-ring (bicyclic) bond motifs is 2. The van der Waals surface area contributed by atoms with Gasteiger partial charge in [0.15, 0.2) is 0 Å². The van der Waals surface area contributed by atoms with Crippen molar-refractivity contribution in [3.63, 3.8) is 0 Å². The van der Waals surface area contributed by atoms with Gasteiger partial charge in [-0.15, -0.1) is 0 Å². The lowest BCUT2D eigenvalue weighted by Crippen LogP contribution is -2.56. The molecule has 0 aliphatic carbocycles. The molecule has 1 aliphatic rings. The molecule has 2 heterocycles. The summed E-state index contributed by atoms with van der Waals surface area (Å²) in [6.07, 6.45) is 0. The van der Waals surface area contributed by atoms with Crippen LogP contribution in [0.5, 0.6) is 5.75 Å². The number of amides is 2. The van der Waals surface area contributed by atoms with Gasteiger partial charge in [-0.2, -0.15) is 0 Å². The van der Waals surface area contributed by atoms with Gasteiger partial charge in [-0.3, -0.25) is 14.6 Å². The first-order valence-electron chi connectivity index (χ1n) is 8.25. The van der Waals surface area contributed by atoms with Crippen molar-refractivity contribution in [2.24, 2.45) is 0 Å². The van der Waals surface area contributed by atoms with E-state index in [0.29, 0.717) is 17.1 Å². The number of anilines is 2. The summed E-state index contributed by atoms with van der Waals surface area (Å²) in [5.41, 5.74) is 1.01. The Hall–Kier alpha value is -3.41. The zero-order valence-corrected chi connectivity index (χ0v) is 14.4. The molecule has 6 nitrogen and oxygen atoms in total. The highest BCUT2D eigenvalue weighted by atomic mass is 16.5. The number of carbonyl (C=O) groups is 2. The van der Waals surface area contributed by atoms with Crippen molar-refractivity contribution in [1.29, 1.82) is 0 Å². The minimum atomic E-state index is -1.67. The van der Waals surface area contributed by atoms with Crippen molar-refractivity contribution in [3.8, 4) is 5.75 Å². The molecule has 1 atom stereocenters. The van der Waals surface area contributed by atoms with Gasteiger partial charge in [0.25, 0.3) is 17.4 Å². The third kappa shape index (κ3) is 2.56. The van der Waals surface area contributed by atoms with E-state index in [-0.39, 0.29) is 0 Å². The fraction of sp³-hybridized carbons (Fsp3) is 0.150. The number of ether oxygens (including phenoxy) is 1. The molecule has 1 unspecified atom stereocenters. The number of rotatable bonds is 2. The number of hydrogen-bond acceptors (Lipinski definition) is 4. The van der Waals surface area contributed by atoms with E-state index in [1.165, 1.54) is 6.92 Å². The molecule has 0 fully saturated rings. The SMILES string of the molecule is Cc1cc(NC(=O)C2(C)Oc3ccccc3NC2=O)c2ccccc2n1. The second-order valence-corrected chi connectivity index (χ2v) is 6.37. The quantitative estimate of drug-likeness (QED) is 0.697. The monoisotopic (exact) mass is 347 g/mol. The van der Waals surface area contributed by atoms with E-state index in [1.54, 1.807) is 30.3 Å². The van der Waals surface area contributed by atoms with Crippen molar-refractivity contribution in [1.82, 2.24) is 4.98 Å². The highest BCUT2D eigenvalue weighted by Gasteiger charge is 2.47. The van der Waals surface area contributed by atoms with Gasteiger partial charge in [-0.1, -0.05) is 30.3 Å². The molecule has 0 spiro atoms. The molecule has 1 aliphatic heterocycles. The topological polar surface area (TPSA) is 80.3 Å². The van der Waals surface area contributed by atoms with E-state index in [2.05, 4.69) is 15.6 Å². The average Bonchev–Trinajstić information content (AvgIpc) is 2.62. The number of carbonyl (C=O) groups excluding carboxylic acids is 2. The fourth-order valence-corrected chi connectivity index (χ4v) is 2.97. The summed E-state index contributed by atoms with van der Waals surface area (Å²) in [4.78, 5) is 29.9. The van der Waals surface area contributed by atoms with Gasteiger partial charge in [0.05, 0.1) is 16.9 Å². The van der Waals surface area contributed by atoms with Crippen LogP contribution in [0.4, 0.5) is 11.4 Å². The number of nitrogens with one attached hydrogen (secondary N) is 2. The standard InChI is InChI=1S/C20H17N3O3/c1-12-11-16(13-7-3-4-8-14(13)21-12)23-19(25)20(2)18(24)22-15-9-5-6-10-17(15)26-20/h3-11H,1-2H3,(H,22,24)(H,21,23,25). The van der Waals surface area contributed by atoms with Crippen LogP contribution >= 0.6 is 0 Å². The van der Waals surface area contributed by atoms with Crippen LogP contribution in [-0.2, 0) is 9.59 Å². The van der Waals surface area contributed by atoms with E-state index in [0.717, 1.165) is 16.6 Å². The molecule has 0 radical (unpaired) electrons. The van der Waals surface area contributed by atoms with Gasteiger partial charge in [0.1, 0.15) is 5.75 Å². The molecule has 130 valence electrons. The number of benzene rings is 2. The molecule has 0 saturated heterocycles. The minimum absolute atomic E-state index is 0.459. The average molecular weight is 347 g/mol. The first-order valence-corrected chi connectivity index (χ1v) is 8.25. The first kappa shape index (κ1) is 16.1. The van der Waals surface area contributed by atoms with Crippen molar-refractivity contribution >= 4 is 34.1 Å². The summed E-state index contributed by atoms with van der Waals surface area (Å²) in [6, 6.07) is 16.3. The predicted octanol–water partition coefficient (Wildman–Crippen LogP) is 3.27. The number of para-hydroxylation sites is 3. The van der Waals surface area contributed by atoms with E-state index in [9.17, 15) is 9.59 Å². The van der Waals surface area contributed by atoms with Gasteiger partial charge in [-0.05, 0) is 38.1 Å². The molecule has 2 N–H and O–H groups in total. The molecular weight excluding hydrogens is 330 g/mol. The lowest BCUT2D eigenvalue weighted by molar-refractivity contribution is -0.143. The van der Waals surface area contributed by atoms with Crippen LogP contribution in [0.25, 0.3) is 10.9 Å². The molecule has 2 aromatic carbocycles. The largest absolute Gasteiger partial charge is 0.466 e. The van der Waals surface area contributed by atoms with Crippen LogP contribution in [0.15, 0.2) is 54.6 Å².